The van der Waals surface area contributed by atoms with Crippen LogP contribution in [0.15, 0.2) is 24.5 Å². The number of carbonyl (C=O) groups excluding carboxylic acids is 2. The highest BCUT2D eigenvalue weighted by Crippen LogP contribution is 2.19. The monoisotopic (exact) mass is 315 g/mol. The molecular formula is C17H21N3O3. The molecule has 2 aromatic heterocycles. The summed E-state index contributed by atoms with van der Waals surface area (Å²) in [6, 6.07) is 3.66. The van der Waals surface area contributed by atoms with Crippen molar-refractivity contribution in [2.75, 3.05) is 0 Å². The molecule has 0 fully saturated rings. The van der Waals surface area contributed by atoms with E-state index < -0.39 is 5.97 Å². The zero-order valence-electron chi connectivity index (χ0n) is 13.8. The molecule has 2 aromatic rings. The number of pyridine rings is 1. The van der Waals surface area contributed by atoms with E-state index in [1.54, 1.807) is 40.1 Å². The highest BCUT2D eigenvalue weighted by atomic mass is 16.5. The number of nitrogens with one attached hydrogen (secondary N) is 2. The number of rotatable bonds is 5. The molecule has 2 rings (SSSR count). The molecule has 0 saturated carbocycles. The van der Waals surface area contributed by atoms with Crippen LogP contribution in [-0.2, 0) is 11.3 Å². The largest absolute Gasteiger partial charge is 0.459 e. The van der Waals surface area contributed by atoms with Gasteiger partial charge in [0, 0.05) is 24.6 Å². The van der Waals surface area contributed by atoms with Crippen molar-refractivity contribution >= 4 is 11.9 Å². The lowest BCUT2D eigenvalue weighted by molar-refractivity contribution is 0.0376. The molecule has 0 spiro atoms. The Balaban J connectivity index is 2.14. The number of H-pyrrole nitrogens is 1. The molecular weight excluding hydrogens is 294 g/mol. The van der Waals surface area contributed by atoms with Gasteiger partial charge in [-0.3, -0.25) is 9.78 Å². The van der Waals surface area contributed by atoms with E-state index in [1.807, 2.05) is 12.1 Å². The standard InChI is InChI=1S/C17H21N3O3/c1-10(2)23-17(22)14-11(3)15(20-12(14)4)16(21)19-9-13-5-7-18-8-6-13/h5-8,10,20H,9H2,1-4H3,(H,19,21). The number of aromatic amines is 1. The summed E-state index contributed by atoms with van der Waals surface area (Å²) in [6.07, 6.45) is 3.14. The number of esters is 1. The second-order valence-electron chi connectivity index (χ2n) is 5.62. The van der Waals surface area contributed by atoms with Gasteiger partial charge in [-0.15, -0.1) is 0 Å². The van der Waals surface area contributed by atoms with E-state index in [4.69, 9.17) is 4.74 Å². The van der Waals surface area contributed by atoms with Crippen LogP contribution in [0.4, 0.5) is 0 Å². The minimum Gasteiger partial charge on any atom is -0.459 e. The fourth-order valence-electron chi connectivity index (χ4n) is 2.33. The van der Waals surface area contributed by atoms with Gasteiger partial charge >= 0.3 is 5.97 Å². The third kappa shape index (κ3) is 3.97. The number of amides is 1. The van der Waals surface area contributed by atoms with Crippen molar-refractivity contribution in [3.63, 3.8) is 0 Å². The van der Waals surface area contributed by atoms with E-state index in [2.05, 4.69) is 15.3 Å². The average molecular weight is 315 g/mol. The maximum absolute atomic E-state index is 12.3. The van der Waals surface area contributed by atoms with Crippen molar-refractivity contribution in [3.05, 3.63) is 52.6 Å². The SMILES string of the molecule is Cc1[nH]c(C(=O)NCc2ccncc2)c(C)c1C(=O)OC(C)C. The Labute approximate surface area is 135 Å². The van der Waals surface area contributed by atoms with Gasteiger partial charge in [0.15, 0.2) is 0 Å². The summed E-state index contributed by atoms with van der Waals surface area (Å²) < 4.78 is 5.22. The summed E-state index contributed by atoms with van der Waals surface area (Å²) in [4.78, 5) is 31.4. The molecule has 0 aliphatic carbocycles. The van der Waals surface area contributed by atoms with Crippen molar-refractivity contribution in [2.24, 2.45) is 0 Å². The molecule has 6 heteroatoms. The third-order valence-electron chi connectivity index (χ3n) is 3.41. The second kappa shape index (κ2) is 7.09. The van der Waals surface area contributed by atoms with Gasteiger partial charge in [-0.1, -0.05) is 0 Å². The molecule has 1 amide bonds. The lowest BCUT2D eigenvalue weighted by atomic mass is 10.1. The molecule has 23 heavy (non-hydrogen) atoms. The van der Waals surface area contributed by atoms with E-state index >= 15 is 0 Å². The smallest absolute Gasteiger partial charge is 0.340 e. The van der Waals surface area contributed by atoms with Crippen LogP contribution in [0.3, 0.4) is 0 Å². The van der Waals surface area contributed by atoms with Gasteiger partial charge in [0.05, 0.1) is 11.7 Å². The van der Waals surface area contributed by atoms with Gasteiger partial charge in [0.1, 0.15) is 5.69 Å². The zero-order chi connectivity index (χ0) is 17.0. The van der Waals surface area contributed by atoms with Crippen molar-refractivity contribution < 1.29 is 14.3 Å². The van der Waals surface area contributed by atoms with Gasteiger partial charge in [0.25, 0.3) is 5.91 Å². The molecule has 122 valence electrons. The van der Waals surface area contributed by atoms with Crippen LogP contribution in [0, 0.1) is 13.8 Å². The topological polar surface area (TPSA) is 84.1 Å². The Kier molecular flexibility index (Phi) is 5.16. The van der Waals surface area contributed by atoms with Crippen LogP contribution >= 0.6 is 0 Å². The summed E-state index contributed by atoms with van der Waals surface area (Å²) in [5.41, 5.74) is 2.98. The normalized spacial score (nSPS) is 10.7. The Morgan fingerprint density at radius 1 is 1.26 bits per heavy atom. The van der Waals surface area contributed by atoms with Gasteiger partial charge in [-0.05, 0) is 51.0 Å². The van der Waals surface area contributed by atoms with E-state index in [9.17, 15) is 9.59 Å². The van der Waals surface area contributed by atoms with E-state index in [0.29, 0.717) is 29.1 Å². The molecule has 0 atom stereocenters. The summed E-state index contributed by atoms with van der Waals surface area (Å²) in [6.45, 7) is 7.46. The Morgan fingerprint density at radius 2 is 1.91 bits per heavy atom. The minimum atomic E-state index is -0.417. The third-order valence-corrected chi connectivity index (χ3v) is 3.41. The molecule has 0 aromatic carbocycles. The van der Waals surface area contributed by atoms with Crippen LogP contribution in [0.25, 0.3) is 0 Å². The average Bonchev–Trinajstić information content (AvgIpc) is 2.80. The predicted molar refractivity (Wildman–Crippen MR) is 86.2 cm³/mol. The van der Waals surface area contributed by atoms with Crippen LogP contribution in [-0.4, -0.2) is 27.9 Å². The number of ether oxygens (including phenoxy) is 1. The minimum absolute atomic E-state index is 0.208. The predicted octanol–water partition coefficient (Wildman–Crippen LogP) is 2.52. The number of hydrogen-bond donors (Lipinski definition) is 2. The molecule has 0 bridgehead atoms. The van der Waals surface area contributed by atoms with Gasteiger partial charge in [-0.25, -0.2) is 4.79 Å². The summed E-state index contributed by atoms with van der Waals surface area (Å²) in [5.74, 6) is -0.676. The van der Waals surface area contributed by atoms with E-state index in [-0.39, 0.29) is 12.0 Å². The lowest BCUT2D eigenvalue weighted by Crippen LogP contribution is -2.24. The number of aryl methyl sites for hydroxylation is 1. The summed E-state index contributed by atoms with van der Waals surface area (Å²) in [7, 11) is 0. The van der Waals surface area contributed by atoms with Crippen LogP contribution in [0.2, 0.25) is 0 Å². The van der Waals surface area contributed by atoms with Crippen molar-refractivity contribution in [1.82, 2.24) is 15.3 Å². The molecule has 0 unspecified atom stereocenters. The molecule has 2 N–H and O–H groups in total. The van der Waals surface area contributed by atoms with E-state index in [0.717, 1.165) is 5.56 Å². The Bertz CT molecular complexity index is 705. The van der Waals surface area contributed by atoms with Crippen LogP contribution < -0.4 is 5.32 Å². The van der Waals surface area contributed by atoms with Crippen LogP contribution in [0.5, 0.6) is 0 Å². The first kappa shape index (κ1) is 16.7. The van der Waals surface area contributed by atoms with Crippen molar-refractivity contribution in [3.8, 4) is 0 Å². The number of aromatic nitrogens is 2. The maximum Gasteiger partial charge on any atom is 0.340 e. The molecule has 6 nitrogen and oxygen atoms in total. The Hall–Kier alpha value is -2.63. The number of carbonyl (C=O) groups is 2. The molecule has 0 radical (unpaired) electrons. The lowest BCUT2D eigenvalue weighted by Gasteiger charge is -2.08. The quantitative estimate of drug-likeness (QED) is 0.830. The zero-order valence-corrected chi connectivity index (χ0v) is 13.8. The van der Waals surface area contributed by atoms with Gasteiger partial charge in [-0.2, -0.15) is 0 Å². The molecule has 0 aliphatic rings. The summed E-state index contributed by atoms with van der Waals surface area (Å²) >= 11 is 0. The van der Waals surface area contributed by atoms with E-state index in [1.165, 1.54) is 0 Å². The Morgan fingerprint density at radius 3 is 2.52 bits per heavy atom. The maximum atomic E-state index is 12.3. The first-order chi connectivity index (χ1) is 10.9. The van der Waals surface area contributed by atoms with Gasteiger partial charge in [0.2, 0.25) is 0 Å². The molecule has 2 heterocycles. The molecule has 0 saturated heterocycles. The summed E-state index contributed by atoms with van der Waals surface area (Å²) in [5, 5.41) is 2.83. The fourth-order valence-corrected chi connectivity index (χ4v) is 2.33. The van der Waals surface area contributed by atoms with Crippen molar-refractivity contribution in [2.45, 2.75) is 40.3 Å². The van der Waals surface area contributed by atoms with Crippen molar-refractivity contribution in [1.29, 1.82) is 0 Å². The first-order valence-electron chi connectivity index (χ1n) is 7.47. The fraction of sp³-hybridized carbons (Fsp3) is 0.353. The van der Waals surface area contributed by atoms with Gasteiger partial charge < -0.3 is 15.0 Å². The first-order valence-corrected chi connectivity index (χ1v) is 7.47. The number of hydrogen-bond acceptors (Lipinski definition) is 4. The molecule has 0 aliphatic heterocycles. The van der Waals surface area contributed by atoms with Crippen LogP contribution in [0.1, 0.15) is 51.5 Å². The highest BCUT2D eigenvalue weighted by molar-refractivity contribution is 6.00. The number of nitrogens with zero attached hydrogens (tertiary/aromatic N) is 1. The highest BCUT2D eigenvalue weighted by Gasteiger charge is 2.23. The second-order valence-corrected chi connectivity index (χ2v) is 5.62.